The summed E-state index contributed by atoms with van der Waals surface area (Å²) in [4.78, 5) is 30.2. The summed E-state index contributed by atoms with van der Waals surface area (Å²) in [6.07, 6.45) is 2.03. The van der Waals surface area contributed by atoms with Crippen LogP contribution in [0, 0.1) is 0 Å². The molecule has 0 aliphatic heterocycles. The summed E-state index contributed by atoms with van der Waals surface area (Å²) >= 11 is 0. The zero-order valence-electron chi connectivity index (χ0n) is 5.78. The van der Waals surface area contributed by atoms with Crippen molar-refractivity contribution in [1.29, 1.82) is 0 Å². The van der Waals surface area contributed by atoms with Crippen molar-refractivity contribution in [3.8, 4) is 0 Å². The van der Waals surface area contributed by atoms with Crippen molar-refractivity contribution < 1.29 is 28.1 Å². The van der Waals surface area contributed by atoms with Crippen LogP contribution in [0.4, 0.5) is 0 Å². The van der Waals surface area contributed by atoms with E-state index in [1.165, 1.54) is 0 Å². The van der Waals surface area contributed by atoms with Crippen LogP contribution in [0.3, 0.4) is 0 Å². The maximum absolute atomic E-state index is 10.5. The maximum atomic E-state index is 10.5. The lowest BCUT2D eigenvalue weighted by Crippen LogP contribution is -2.17. The summed E-state index contributed by atoms with van der Waals surface area (Å²) in [5.41, 5.74) is 0. The second-order valence-corrected chi connectivity index (χ2v) is 4.57. The molecule has 0 aromatic rings. The van der Waals surface area contributed by atoms with Gasteiger partial charge in [-0.25, -0.2) is 0 Å². The molecule has 8 heteroatoms. The van der Waals surface area contributed by atoms with Gasteiger partial charge in [0.25, 0.3) is 0 Å². The van der Waals surface area contributed by atoms with E-state index in [9.17, 15) is 23.8 Å². The Morgan fingerprint density at radius 1 is 1.25 bits per heavy atom. The van der Waals surface area contributed by atoms with E-state index in [2.05, 4.69) is 10.9 Å². The first-order valence-electron chi connectivity index (χ1n) is 2.61. The molecule has 12 heavy (non-hydrogen) atoms. The van der Waals surface area contributed by atoms with Crippen molar-refractivity contribution in [2.75, 3.05) is 0 Å². The summed E-state index contributed by atoms with van der Waals surface area (Å²) in [5, 5.41) is 0. The summed E-state index contributed by atoms with van der Waals surface area (Å²) in [7, 11) is -10.2. The van der Waals surface area contributed by atoms with E-state index in [-0.39, 0.29) is 0 Å². The average molecular weight is 211 g/mol. The molecule has 0 radical (unpaired) electrons. The molecule has 70 valence electrons. The first-order valence-corrected chi connectivity index (χ1v) is 5.68. The van der Waals surface area contributed by atoms with Crippen LogP contribution in [0.1, 0.15) is 0 Å². The molecule has 6 nitrogen and oxygen atoms in total. The predicted octanol–water partition coefficient (Wildman–Crippen LogP) is -0.915. The van der Waals surface area contributed by atoms with Gasteiger partial charge in [0.2, 0.25) is 0 Å². The molecule has 1 atom stereocenters. The molecule has 0 saturated carbocycles. The third kappa shape index (κ3) is 6.49. The van der Waals surface area contributed by atoms with Crippen molar-refractivity contribution >= 4 is 15.4 Å². The normalized spacial score (nSPS) is 17.6. The third-order valence-electron chi connectivity index (χ3n) is 0.619. The fourth-order valence-corrected chi connectivity index (χ4v) is 2.00. The first kappa shape index (κ1) is 11.8. The Hall–Kier alpha value is -0.220. The summed E-state index contributed by atoms with van der Waals surface area (Å²) in [6, 6.07) is 0. The molecule has 0 spiro atoms. The number of hydrogen-bond donors (Lipinski definition) is 0. The minimum absolute atomic E-state index is 0.433. The number of phosphoric acid groups is 1. The van der Waals surface area contributed by atoms with Gasteiger partial charge in [-0.2, -0.15) is 0 Å². The molecule has 0 bridgehead atoms. The molecule has 0 rings (SSSR count). The second-order valence-electron chi connectivity index (χ2n) is 1.65. The second kappa shape index (κ2) is 4.14. The quantitative estimate of drug-likeness (QED) is 0.439. The van der Waals surface area contributed by atoms with Crippen LogP contribution in [0.25, 0.3) is 0 Å². The number of hydrogen-bond acceptors (Lipinski definition) is 6. The fourth-order valence-electron chi connectivity index (χ4n) is 0.333. The average Bonchev–Trinajstić information content (AvgIpc) is 1.78. The van der Waals surface area contributed by atoms with E-state index in [0.29, 0.717) is 5.82 Å². The predicted molar refractivity (Wildman–Crippen MR) is 35.6 cm³/mol. The van der Waals surface area contributed by atoms with Gasteiger partial charge in [-0.05, 0) is 5.82 Å². The van der Waals surface area contributed by atoms with Crippen molar-refractivity contribution in [3.05, 3.63) is 24.5 Å². The molecule has 1 unspecified atom stereocenters. The smallest absolute Gasteiger partial charge is 0.161 e. The summed E-state index contributed by atoms with van der Waals surface area (Å²) in [5.74, 6) is 0.433. The lowest BCUT2D eigenvalue weighted by Gasteiger charge is -2.34. The molecule has 0 aromatic heterocycles. The lowest BCUT2D eigenvalue weighted by molar-refractivity contribution is -0.337. The van der Waals surface area contributed by atoms with E-state index in [0.717, 1.165) is 12.2 Å². The standard InChI is InChI=1S/C4H8O6P2/c1-2-3-4-11(5,6)10-12(7,8)9/h2-4H,1H2,(H,5,6)(H2,7,8,9)/p-3/b4-3+. The van der Waals surface area contributed by atoms with Gasteiger partial charge in [-0.1, -0.05) is 18.7 Å². The van der Waals surface area contributed by atoms with Crippen molar-refractivity contribution in [1.82, 2.24) is 0 Å². The highest BCUT2D eigenvalue weighted by Crippen LogP contribution is 2.50. The first-order chi connectivity index (χ1) is 5.27. The molecule has 0 N–H and O–H groups in total. The molecular formula is C4H5O6P2-3. The molecule has 0 aromatic carbocycles. The zero-order chi connectivity index (χ0) is 9.83. The minimum Gasteiger partial charge on any atom is -0.790 e. The molecule has 0 amide bonds. The van der Waals surface area contributed by atoms with Gasteiger partial charge in [-0.3, -0.25) is 0 Å². The Kier molecular flexibility index (Phi) is 4.06. The maximum Gasteiger partial charge on any atom is 0.161 e. The van der Waals surface area contributed by atoms with Crippen LogP contribution in [0.2, 0.25) is 0 Å². The largest absolute Gasteiger partial charge is 0.790 e. The van der Waals surface area contributed by atoms with Crippen LogP contribution >= 0.6 is 15.4 Å². The van der Waals surface area contributed by atoms with Gasteiger partial charge in [0.15, 0.2) is 7.60 Å². The molecule has 0 saturated heterocycles. The van der Waals surface area contributed by atoms with Gasteiger partial charge < -0.3 is 28.1 Å². The van der Waals surface area contributed by atoms with Gasteiger partial charge in [0.05, 0.1) is 7.82 Å². The Labute approximate surface area is 69.0 Å². The van der Waals surface area contributed by atoms with E-state index < -0.39 is 15.4 Å². The van der Waals surface area contributed by atoms with Crippen molar-refractivity contribution in [2.24, 2.45) is 0 Å². The molecule has 0 aliphatic carbocycles. The van der Waals surface area contributed by atoms with E-state index in [4.69, 9.17) is 0 Å². The minimum atomic E-state index is -5.49. The van der Waals surface area contributed by atoms with Gasteiger partial charge in [0.1, 0.15) is 0 Å². The zero-order valence-corrected chi connectivity index (χ0v) is 7.57. The van der Waals surface area contributed by atoms with Crippen molar-refractivity contribution in [3.63, 3.8) is 0 Å². The van der Waals surface area contributed by atoms with Crippen LogP contribution in [-0.2, 0) is 13.4 Å². The van der Waals surface area contributed by atoms with Crippen molar-refractivity contribution in [2.45, 2.75) is 0 Å². The van der Waals surface area contributed by atoms with Gasteiger partial charge in [-0.15, -0.1) is 0 Å². The highest BCUT2D eigenvalue weighted by molar-refractivity contribution is 7.63. The Balaban J connectivity index is 4.44. The fraction of sp³-hybridized carbons (Fsp3) is 0. The number of allylic oxidation sites excluding steroid dienone is 2. The van der Waals surface area contributed by atoms with Gasteiger partial charge in [0, 0.05) is 0 Å². The van der Waals surface area contributed by atoms with Crippen LogP contribution in [0.5, 0.6) is 0 Å². The highest BCUT2D eigenvalue weighted by atomic mass is 31.3. The molecule has 0 heterocycles. The molecular weight excluding hydrogens is 206 g/mol. The van der Waals surface area contributed by atoms with Crippen LogP contribution in [0.15, 0.2) is 24.5 Å². The third-order valence-corrected chi connectivity index (χ3v) is 2.87. The highest BCUT2D eigenvalue weighted by Gasteiger charge is 2.04. The number of rotatable bonds is 4. The van der Waals surface area contributed by atoms with Gasteiger partial charge >= 0.3 is 0 Å². The SMILES string of the molecule is C=C/C=C/P(=O)([O-])OP(=O)([O-])[O-]. The van der Waals surface area contributed by atoms with Crippen LogP contribution in [-0.4, -0.2) is 0 Å². The van der Waals surface area contributed by atoms with E-state index in [1.54, 1.807) is 0 Å². The molecule has 0 fully saturated rings. The Morgan fingerprint density at radius 3 is 2.08 bits per heavy atom. The topological polar surface area (TPSA) is 113 Å². The summed E-state index contributed by atoms with van der Waals surface area (Å²) < 4.78 is 23.6. The Morgan fingerprint density at radius 2 is 1.75 bits per heavy atom. The summed E-state index contributed by atoms with van der Waals surface area (Å²) in [6.45, 7) is 3.13. The Bertz CT molecular complexity index is 275. The van der Waals surface area contributed by atoms with Crippen LogP contribution < -0.4 is 14.7 Å². The van der Waals surface area contributed by atoms with E-state index >= 15 is 0 Å². The lowest BCUT2D eigenvalue weighted by atomic mass is 10.6. The monoisotopic (exact) mass is 211 g/mol. The van der Waals surface area contributed by atoms with E-state index in [1.807, 2.05) is 0 Å². The molecule has 0 aliphatic rings.